The Labute approximate surface area is 82.7 Å². The summed E-state index contributed by atoms with van der Waals surface area (Å²) in [4.78, 5) is 0. The number of nitrogens with zero attached hydrogens (tertiary/aromatic N) is 3. The van der Waals surface area contributed by atoms with Crippen LogP contribution in [0.15, 0.2) is 18.2 Å². The van der Waals surface area contributed by atoms with Crippen LogP contribution in [0.2, 0.25) is 0 Å². The molecule has 0 aliphatic heterocycles. The highest BCUT2D eigenvalue weighted by Gasteiger charge is 2.17. The molecule has 1 aromatic carbocycles. The molecule has 4 nitrogen and oxygen atoms in total. The largest absolute Gasteiger partial charge is 0.399 e. The molecule has 0 amide bonds. The number of fused-ring (bicyclic) bond motifs is 1. The number of aromatic nitrogens is 3. The highest BCUT2D eigenvalue weighted by Crippen LogP contribution is 2.21. The fourth-order valence-corrected chi connectivity index (χ4v) is 1.43. The lowest BCUT2D eigenvalue weighted by Gasteiger charge is -2.19. The summed E-state index contributed by atoms with van der Waals surface area (Å²) in [6.45, 7) is 6.26. The van der Waals surface area contributed by atoms with E-state index in [0.29, 0.717) is 0 Å². The SMILES string of the molecule is CC(C)(C)n1nnc2ccc(N)cc21. The molecule has 4 heteroatoms. The molecule has 0 radical (unpaired) electrons. The van der Waals surface area contributed by atoms with Crippen LogP contribution in [0.1, 0.15) is 20.8 Å². The van der Waals surface area contributed by atoms with Gasteiger partial charge in [-0.3, -0.25) is 0 Å². The Morgan fingerprint density at radius 3 is 2.64 bits per heavy atom. The molecular weight excluding hydrogens is 176 g/mol. The van der Waals surface area contributed by atoms with Crippen molar-refractivity contribution in [2.24, 2.45) is 0 Å². The maximum atomic E-state index is 5.73. The molecule has 0 saturated carbocycles. The molecule has 2 N–H and O–H groups in total. The number of hydrogen-bond donors (Lipinski definition) is 1. The van der Waals surface area contributed by atoms with E-state index in [2.05, 4.69) is 31.1 Å². The molecule has 0 bridgehead atoms. The lowest BCUT2D eigenvalue weighted by molar-refractivity contribution is 0.358. The average Bonchev–Trinajstić information content (AvgIpc) is 2.45. The third-order valence-electron chi connectivity index (χ3n) is 2.10. The van der Waals surface area contributed by atoms with Gasteiger partial charge in [0.05, 0.1) is 11.1 Å². The quantitative estimate of drug-likeness (QED) is 0.644. The molecule has 74 valence electrons. The first-order chi connectivity index (χ1) is 6.48. The first-order valence-corrected chi connectivity index (χ1v) is 4.60. The van der Waals surface area contributed by atoms with E-state index in [-0.39, 0.29) is 5.54 Å². The lowest BCUT2D eigenvalue weighted by Crippen LogP contribution is -2.23. The Bertz CT molecular complexity index is 464. The second kappa shape index (κ2) is 2.70. The molecule has 2 rings (SSSR count). The molecule has 0 unspecified atom stereocenters. The normalized spacial score (nSPS) is 12.2. The fraction of sp³-hybridized carbons (Fsp3) is 0.400. The topological polar surface area (TPSA) is 56.7 Å². The number of anilines is 1. The van der Waals surface area contributed by atoms with Crippen LogP contribution >= 0.6 is 0 Å². The van der Waals surface area contributed by atoms with E-state index in [0.717, 1.165) is 16.7 Å². The summed E-state index contributed by atoms with van der Waals surface area (Å²) in [5.41, 5.74) is 8.27. The van der Waals surface area contributed by atoms with Gasteiger partial charge < -0.3 is 5.73 Å². The molecule has 2 aromatic rings. The van der Waals surface area contributed by atoms with E-state index in [1.54, 1.807) is 0 Å². The van der Waals surface area contributed by atoms with Gasteiger partial charge in [-0.1, -0.05) is 5.21 Å². The summed E-state index contributed by atoms with van der Waals surface area (Å²) < 4.78 is 1.89. The van der Waals surface area contributed by atoms with E-state index >= 15 is 0 Å². The zero-order valence-corrected chi connectivity index (χ0v) is 8.65. The second-order valence-corrected chi connectivity index (χ2v) is 4.42. The number of hydrogen-bond acceptors (Lipinski definition) is 3. The van der Waals surface area contributed by atoms with Gasteiger partial charge in [0.25, 0.3) is 0 Å². The maximum Gasteiger partial charge on any atom is 0.113 e. The monoisotopic (exact) mass is 190 g/mol. The second-order valence-electron chi connectivity index (χ2n) is 4.42. The number of rotatable bonds is 0. The molecule has 0 fully saturated rings. The molecular formula is C10H14N4. The van der Waals surface area contributed by atoms with Crippen molar-refractivity contribution in [2.45, 2.75) is 26.3 Å². The minimum Gasteiger partial charge on any atom is -0.399 e. The Kier molecular flexibility index (Phi) is 1.74. The van der Waals surface area contributed by atoms with E-state index in [4.69, 9.17) is 5.73 Å². The minimum atomic E-state index is -0.0669. The Hall–Kier alpha value is -1.58. The minimum absolute atomic E-state index is 0.0669. The third kappa shape index (κ3) is 1.32. The summed E-state index contributed by atoms with van der Waals surface area (Å²) in [6, 6.07) is 5.63. The molecule has 1 aromatic heterocycles. The van der Waals surface area contributed by atoms with Crippen molar-refractivity contribution in [3.8, 4) is 0 Å². The van der Waals surface area contributed by atoms with Crippen LogP contribution in [0.4, 0.5) is 5.69 Å². The van der Waals surface area contributed by atoms with Crippen LogP contribution in [0.25, 0.3) is 11.0 Å². The summed E-state index contributed by atoms with van der Waals surface area (Å²) in [7, 11) is 0. The van der Waals surface area contributed by atoms with Crippen LogP contribution in [0, 0.1) is 0 Å². The van der Waals surface area contributed by atoms with Gasteiger partial charge in [0.15, 0.2) is 0 Å². The summed E-state index contributed by atoms with van der Waals surface area (Å²) in [5, 5.41) is 8.20. The molecule has 0 atom stereocenters. The Morgan fingerprint density at radius 2 is 2.00 bits per heavy atom. The van der Waals surface area contributed by atoms with Gasteiger partial charge in [0.2, 0.25) is 0 Å². The van der Waals surface area contributed by atoms with Crippen LogP contribution in [0.3, 0.4) is 0 Å². The molecule has 0 spiro atoms. The van der Waals surface area contributed by atoms with Crippen LogP contribution < -0.4 is 5.73 Å². The zero-order valence-electron chi connectivity index (χ0n) is 8.65. The van der Waals surface area contributed by atoms with Gasteiger partial charge in [-0.2, -0.15) is 0 Å². The summed E-state index contributed by atoms with van der Waals surface area (Å²) in [5.74, 6) is 0. The van der Waals surface area contributed by atoms with E-state index in [1.807, 2.05) is 22.9 Å². The van der Waals surface area contributed by atoms with Gasteiger partial charge in [0, 0.05) is 5.69 Å². The van der Waals surface area contributed by atoms with Crippen molar-refractivity contribution >= 4 is 16.7 Å². The molecule has 0 aliphatic carbocycles. The van der Waals surface area contributed by atoms with E-state index < -0.39 is 0 Å². The Balaban J connectivity index is 2.73. The molecule has 0 saturated heterocycles. The van der Waals surface area contributed by atoms with Crippen molar-refractivity contribution in [1.29, 1.82) is 0 Å². The van der Waals surface area contributed by atoms with Crippen molar-refractivity contribution in [3.63, 3.8) is 0 Å². The van der Waals surface area contributed by atoms with E-state index in [1.165, 1.54) is 0 Å². The third-order valence-corrected chi connectivity index (χ3v) is 2.10. The summed E-state index contributed by atoms with van der Waals surface area (Å²) >= 11 is 0. The van der Waals surface area contributed by atoms with Gasteiger partial charge in [0.1, 0.15) is 5.52 Å². The Morgan fingerprint density at radius 1 is 1.29 bits per heavy atom. The number of nitrogen functional groups attached to an aromatic ring is 1. The van der Waals surface area contributed by atoms with Gasteiger partial charge in [-0.05, 0) is 39.0 Å². The van der Waals surface area contributed by atoms with Crippen molar-refractivity contribution in [3.05, 3.63) is 18.2 Å². The van der Waals surface area contributed by atoms with Crippen LogP contribution in [0.5, 0.6) is 0 Å². The standard InChI is InChI=1S/C10H14N4/c1-10(2,3)14-9-6-7(11)4-5-8(9)12-13-14/h4-6H,11H2,1-3H3. The van der Waals surface area contributed by atoms with Gasteiger partial charge >= 0.3 is 0 Å². The van der Waals surface area contributed by atoms with Crippen molar-refractivity contribution in [1.82, 2.24) is 15.0 Å². The van der Waals surface area contributed by atoms with Gasteiger partial charge in [-0.25, -0.2) is 4.68 Å². The predicted octanol–water partition coefficient (Wildman–Crippen LogP) is 1.77. The van der Waals surface area contributed by atoms with E-state index in [9.17, 15) is 0 Å². The maximum absolute atomic E-state index is 5.73. The van der Waals surface area contributed by atoms with Crippen molar-refractivity contribution < 1.29 is 0 Å². The predicted molar refractivity (Wildman–Crippen MR) is 56.9 cm³/mol. The fourth-order valence-electron chi connectivity index (χ4n) is 1.43. The first kappa shape index (κ1) is 8.99. The lowest BCUT2D eigenvalue weighted by atomic mass is 10.1. The zero-order chi connectivity index (χ0) is 10.3. The average molecular weight is 190 g/mol. The number of benzene rings is 1. The van der Waals surface area contributed by atoms with Crippen LogP contribution in [-0.2, 0) is 5.54 Å². The van der Waals surface area contributed by atoms with Crippen LogP contribution in [-0.4, -0.2) is 15.0 Å². The molecule has 1 heterocycles. The molecule has 0 aliphatic rings. The molecule has 14 heavy (non-hydrogen) atoms. The summed E-state index contributed by atoms with van der Waals surface area (Å²) in [6.07, 6.45) is 0. The van der Waals surface area contributed by atoms with Crippen molar-refractivity contribution in [2.75, 3.05) is 5.73 Å². The smallest absolute Gasteiger partial charge is 0.113 e. The highest BCUT2D eigenvalue weighted by atomic mass is 15.4. The highest BCUT2D eigenvalue weighted by molar-refractivity contribution is 5.78. The number of nitrogens with two attached hydrogens (primary N) is 1. The first-order valence-electron chi connectivity index (χ1n) is 4.60. The van der Waals surface area contributed by atoms with Gasteiger partial charge in [-0.15, -0.1) is 5.10 Å².